The van der Waals surface area contributed by atoms with E-state index in [0.29, 0.717) is 12.1 Å². The SMILES string of the molecule is CCc1cc(C(F)(F)F)nn1CC=C(F)B1OC(C)(C)C(C)(C)O1. The third kappa shape index (κ3) is 3.67. The normalized spacial score (nSPS) is 20.7. The van der Waals surface area contributed by atoms with Gasteiger partial charge in [0.05, 0.1) is 17.7 Å². The Morgan fingerprint density at radius 1 is 1.25 bits per heavy atom. The van der Waals surface area contributed by atoms with E-state index >= 15 is 0 Å². The van der Waals surface area contributed by atoms with Gasteiger partial charge in [-0.2, -0.15) is 18.3 Å². The maximum Gasteiger partial charge on any atom is 0.524 e. The van der Waals surface area contributed by atoms with Gasteiger partial charge in [-0.1, -0.05) is 6.92 Å². The molecule has 1 aliphatic rings. The minimum absolute atomic E-state index is 0.130. The Morgan fingerprint density at radius 3 is 2.25 bits per heavy atom. The molecule has 0 amide bonds. The average molecular weight is 348 g/mol. The summed E-state index contributed by atoms with van der Waals surface area (Å²) in [6.45, 7) is 8.74. The molecule has 1 aromatic rings. The minimum Gasteiger partial charge on any atom is -0.398 e. The lowest BCUT2D eigenvalue weighted by atomic mass is 9.88. The van der Waals surface area contributed by atoms with Gasteiger partial charge in [0.2, 0.25) is 0 Å². The quantitative estimate of drug-likeness (QED) is 0.611. The van der Waals surface area contributed by atoms with E-state index in [1.807, 2.05) is 0 Å². The lowest BCUT2D eigenvalue weighted by Gasteiger charge is -2.32. The summed E-state index contributed by atoms with van der Waals surface area (Å²) in [4.78, 5) is 0. The third-order valence-electron chi connectivity index (χ3n) is 4.45. The van der Waals surface area contributed by atoms with Crippen molar-refractivity contribution in [3.05, 3.63) is 29.3 Å². The Morgan fingerprint density at radius 2 is 1.79 bits per heavy atom. The zero-order valence-corrected chi connectivity index (χ0v) is 14.4. The Kier molecular flexibility index (Phi) is 4.89. The standard InChI is InChI=1S/C15H21BF4N2O2/c1-6-10-9-11(15(18,19)20)21-22(10)8-7-12(17)16-23-13(2,3)14(4,5)24-16/h7,9H,6,8H2,1-5H3. The first-order valence-electron chi connectivity index (χ1n) is 7.72. The van der Waals surface area contributed by atoms with Gasteiger partial charge in [0.15, 0.2) is 5.69 Å². The van der Waals surface area contributed by atoms with Crippen LogP contribution in [0, 0.1) is 0 Å². The van der Waals surface area contributed by atoms with Crippen molar-refractivity contribution in [2.75, 3.05) is 0 Å². The number of aryl methyl sites for hydroxylation is 1. The minimum atomic E-state index is -4.52. The molecule has 0 unspecified atom stereocenters. The molecule has 0 radical (unpaired) electrons. The second-order valence-electron chi connectivity index (χ2n) is 6.73. The number of hydrogen-bond acceptors (Lipinski definition) is 3. The third-order valence-corrected chi connectivity index (χ3v) is 4.45. The summed E-state index contributed by atoms with van der Waals surface area (Å²) in [6, 6.07) is 0.973. The van der Waals surface area contributed by atoms with Crippen molar-refractivity contribution in [3.63, 3.8) is 0 Å². The molecule has 0 aromatic carbocycles. The van der Waals surface area contributed by atoms with E-state index in [0.717, 1.165) is 16.8 Å². The molecule has 1 saturated heterocycles. The first kappa shape index (κ1) is 19.0. The van der Waals surface area contributed by atoms with Crippen molar-refractivity contribution < 1.29 is 26.9 Å². The molecule has 0 spiro atoms. The molecule has 2 rings (SSSR count). The summed E-state index contributed by atoms with van der Waals surface area (Å²) < 4.78 is 64.7. The van der Waals surface area contributed by atoms with Gasteiger partial charge in [-0.3, -0.25) is 4.68 Å². The summed E-state index contributed by atoms with van der Waals surface area (Å²) in [5.74, 6) is 0. The maximum atomic E-state index is 14.3. The van der Waals surface area contributed by atoms with E-state index in [2.05, 4.69) is 5.10 Å². The van der Waals surface area contributed by atoms with E-state index < -0.39 is 35.9 Å². The number of nitrogens with zero attached hydrogens (tertiary/aromatic N) is 2. The second kappa shape index (κ2) is 6.18. The Balaban J connectivity index is 2.15. The van der Waals surface area contributed by atoms with Gasteiger partial charge in [-0.25, -0.2) is 4.39 Å². The predicted octanol–water partition coefficient (Wildman–Crippen LogP) is 3.95. The van der Waals surface area contributed by atoms with Crippen molar-refractivity contribution in [2.24, 2.45) is 0 Å². The first-order chi connectivity index (χ1) is 10.9. The number of rotatable bonds is 4. The molecule has 24 heavy (non-hydrogen) atoms. The van der Waals surface area contributed by atoms with Crippen LogP contribution in [0.1, 0.15) is 46.0 Å². The Labute approximate surface area is 139 Å². The Bertz CT molecular complexity index is 622. The first-order valence-corrected chi connectivity index (χ1v) is 7.72. The molecule has 4 nitrogen and oxygen atoms in total. The maximum absolute atomic E-state index is 14.3. The Hall–Kier alpha value is -1.35. The highest BCUT2D eigenvalue weighted by molar-refractivity contribution is 6.53. The van der Waals surface area contributed by atoms with Crippen LogP contribution in [-0.2, 0) is 28.5 Å². The monoisotopic (exact) mass is 348 g/mol. The van der Waals surface area contributed by atoms with Crippen LogP contribution in [0.3, 0.4) is 0 Å². The van der Waals surface area contributed by atoms with Gasteiger partial charge in [-0.05, 0) is 46.3 Å². The van der Waals surface area contributed by atoms with Gasteiger partial charge in [0, 0.05) is 5.69 Å². The number of hydrogen-bond donors (Lipinski definition) is 0. The van der Waals surface area contributed by atoms with E-state index in [1.165, 1.54) is 0 Å². The fourth-order valence-electron chi connectivity index (χ4n) is 2.26. The summed E-state index contributed by atoms with van der Waals surface area (Å²) in [5, 5.41) is 3.51. The molecule has 1 aromatic heterocycles. The fourth-order valence-corrected chi connectivity index (χ4v) is 2.26. The van der Waals surface area contributed by atoms with Crippen molar-refractivity contribution in [1.82, 2.24) is 9.78 Å². The lowest BCUT2D eigenvalue weighted by Crippen LogP contribution is -2.41. The number of halogens is 4. The van der Waals surface area contributed by atoms with E-state index in [9.17, 15) is 17.6 Å². The highest BCUT2D eigenvalue weighted by Gasteiger charge is 2.53. The molecule has 1 aliphatic heterocycles. The summed E-state index contributed by atoms with van der Waals surface area (Å²) in [5.41, 5.74) is -2.66. The van der Waals surface area contributed by atoms with E-state index in [4.69, 9.17) is 9.31 Å². The molecule has 2 heterocycles. The molecule has 0 bridgehead atoms. The van der Waals surface area contributed by atoms with Crippen molar-refractivity contribution in [2.45, 2.75) is 65.0 Å². The van der Waals surface area contributed by atoms with Crippen LogP contribution in [0.5, 0.6) is 0 Å². The van der Waals surface area contributed by atoms with Gasteiger partial charge < -0.3 is 9.31 Å². The smallest absolute Gasteiger partial charge is 0.398 e. The van der Waals surface area contributed by atoms with Crippen LogP contribution in [0.2, 0.25) is 0 Å². The molecule has 0 N–H and O–H groups in total. The number of allylic oxidation sites excluding steroid dienone is 1. The van der Waals surface area contributed by atoms with Gasteiger partial charge in [0.1, 0.15) is 5.73 Å². The van der Waals surface area contributed by atoms with Crippen LogP contribution in [0.25, 0.3) is 0 Å². The van der Waals surface area contributed by atoms with Crippen LogP contribution in [-0.4, -0.2) is 28.1 Å². The van der Waals surface area contributed by atoms with Gasteiger partial charge >= 0.3 is 13.3 Å². The van der Waals surface area contributed by atoms with E-state index in [1.54, 1.807) is 34.6 Å². The van der Waals surface area contributed by atoms with Crippen LogP contribution < -0.4 is 0 Å². The van der Waals surface area contributed by atoms with Crippen LogP contribution in [0.15, 0.2) is 17.9 Å². The second-order valence-corrected chi connectivity index (χ2v) is 6.73. The predicted molar refractivity (Wildman–Crippen MR) is 81.9 cm³/mol. The molecular weight excluding hydrogens is 327 g/mol. The van der Waals surface area contributed by atoms with Crippen molar-refractivity contribution in [1.29, 1.82) is 0 Å². The highest BCUT2D eigenvalue weighted by atomic mass is 19.4. The zero-order chi connectivity index (χ0) is 18.3. The molecule has 1 fully saturated rings. The van der Waals surface area contributed by atoms with Crippen LogP contribution >= 0.6 is 0 Å². The number of aromatic nitrogens is 2. The molecule has 134 valence electrons. The summed E-state index contributed by atoms with van der Waals surface area (Å²) in [6.07, 6.45) is -3.04. The fraction of sp³-hybridized carbons (Fsp3) is 0.667. The highest BCUT2D eigenvalue weighted by Crippen LogP contribution is 2.38. The topological polar surface area (TPSA) is 36.3 Å². The molecule has 0 atom stereocenters. The number of alkyl halides is 3. The molecule has 0 saturated carbocycles. The van der Waals surface area contributed by atoms with E-state index in [-0.39, 0.29) is 6.54 Å². The largest absolute Gasteiger partial charge is 0.524 e. The molecule has 9 heteroatoms. The lowest BCUT2D eigenvalue weighted by molar-refractivity contribution is -0.141. The summed E-state index contributed by atoms with van der Waals surface area (Å²) >= 11 is 0. The van der Waals surface area contributed by atoms with Gasteiger partial charge in [0.25, 0.3) is 0 Å². The van der Waals surface area contributed by atoms with Crippen molar-refractivity contribution >= 4 is 7.12 Å². The zero-order valence-electron chi connectivity index (χ0n) is 14.4. The molecular formula is C15H21BF4N2O2. The van der Waals surface area contributed by atoms with Crippen molar-refractivity contribution in [3.8, 4) is 0 Å². The van der Waals surface area contributed by atoms with Gasteiger partial charge in [-0.15, -0.1) is 0 Å². The molecule has 0 aliphatic carbocycles. The summed E-state index contributed by atoms with van der Waals surface area (Å²) in [7, 11) is -1.17. The average Bonchev–Trinajstić information content (AvgIpc) is 2.94. The van der Waals surface area contributed by atoms with Crippen LogP contribution in [0.4, 0.5) is 17.6 Å².